The predicted octanol–water partition coefficient (Wildman–Crippen LogP) is 1.86. The van der Waals surface area contributed by atoms with E-state index in [-0.39, 0.29) is 32.3 Å². The quantitative estimate of drug-likeness (QED) is 0.292. The Bertz CT molecular complexity index is 1210. The number of hydrogen-bond donors (Lipinski definition) is 4. The van der Waals surface area contributed by atoms with Crippen molar-refractivity contribution in [1.29, 1.82) is 0 Å². The number of ether oxygens (including phenoxy) is 2. The molecule has 0 spiro atoms. The Morgan fingerprint density at radius 3 is 2.69 bits per heavy atom. The molecule has 4 rings (SSSR count). The van der Waals surface area contributed by atoms with E-state index in [1.54, 1.807) is 48.8 Å². The molecule has 2 aromatic rings. The van der Waals surface area contributed by atoms with Gasteiger partial charge in [0.1, 0.15) is 18.3 Å². The second-order valence-corrected chi connectivity index (χ2v) is 10.5. The molecule has 210 valence electrons. The van der Waals surface area contributed by atoms with Crippen LogP contribution < -0.4 is 16.2 Å². The SMILES string of the molecule is CC(C)(C)OC(=O)N1CCOCC1C(=O)NCN1NC=CN1[C@@H](CC(=O)NO)Cc1ccc2ccccc2c1. The zero-order valence-corrected chi connectivity index (χ0v) is 22.4. The van der Waals surface area contributed by atoms with Gasteiger partial charge in [0.05, 0.1) is 25.7 Å². The lowest BCUT2D eigenvalue weighted by Gasteiger charge is -2.37. The molecule has 3 amide bonds. The van der Waals surface area contributed by atoms with Crippen LogP contribution >= 0.6 is 0 Å². The molecule has 2 aliphatic rings. The lowest BCUT2D eigenvalue weighted by atomic mass is 9.99. The Labute approximate surface area is 227 Å². The summed E-state index contributed by atoms with van der Waals surface area (Å²) in [5, 5.41) is 17.7. The number of carbonyl (C=O) groups is 3. The molecule has 0 radical (unpaired) electrons. The fourth-order valence-electron chi connectivity index (χ4n) is 4.58. The monoisotopic (exact) mass is 540 g/mol. The summed E-state index contributed by atoms with van der Waals surface area (Å²) in [6.07, 6.45) is 3.38. The highest BCUT2D eigenvalue weighted by Gasteiger charge is 2.36. The predicted molar refractivity (Wildman–Crippen MR) is 142 cm³/mol. The van der Waals surface area contributed by atoms with E-state index in [9.17, 15) is 19.6 Å². The van der Waals surface area contributed by atoms with Gasteiger partial charge in [-0.3, -0.25) is 24.7 Å². The van der Waals surface area contributed by atoms with Crippen molar-refractivity contribution in [2.45, 2.75) is 51.3 Å². The number of amides is 3. The molecule has 12 nitrogen and oxygen atoms in total. The van der Waals surface area contributed by atoms with Crippen LogP contribution in [-0.2, 0) is 25.5 Å². The number of hydrazine groups is 2. The van der Waals surface area contributed by atoms with Crippen LogP contribution in [0.15, 0.2) is 54.9 Å². The van der Waals surface area contributed by atoms with Gasteiger partial charge in [-0.05, 0) is 43.5 Å². The van der Waals surface area contributed by atoms with Crippen LogP contribution in [0.3, 0.4) is 0 Å². The van der Waals surface area contributed by atoms with Crippen molar-refractivity contribution >= 4 is 28.7 Å². The van der Waals surface area contributed by atoms with E-state index in [0.717, 1.165) is 16.3 Å². The third-order valence-electron chi connectivity index (χ3n) is 6.40. The molecule has 0 saturated carbocycles. The number of morpholine rings is 1. The lowest BCUT2D eigenvalue weighted by molar-refractivity contribution is -0.137. The molecular weight excluding hydrogens is 504 g/mol. The molecule has 0 aromatic heterocycles. The summed E-state index contributed by atoms with van der Waals surface area (Å²) in [7, 11) is 0. The van der Waals surface area contributed by atoms with Crippen molar-refractivity contribution in [3.63, 3.8) is 0 Å². The molecule has 12 heteroatoms. The highest BCUT2D eigenvalue weighted by atomic mass is 16.6. The third kappa shape index (κ3) is 7.37. The minimum Gasteiger partial charge on any atom is -0.444 e. The number of rotatable bonds is 8. The highest BCUT2D eigenvalue weighted by Crippen LogP contribution is 2.21. The Kier molecular flexibility index (Phi) is 8.90. The first kappa shape index (κ1) is 28.1. The Morgan fingerprint density at radius 2 is 1.95 bits per heavy atom. The zero-order chi connectivity index (χ0) is 28.0. The summed E-state index contributed by atoms with van der Waals surface area (Å²) in [6.45, 7) is 5.97. The third-order valence-corrected chi connectivity index (χ3v) is 6.40. The summed E-state index contributed by atoms with van der Waals surface area (Å²) in [5.74, 6) is -0.925. The van der Waals surface area contributed by atoms with Crippen LogP contribution in [0, 0.1) is 0 Å². The Hall–Kier alpha value is -3.87. The van der Waals surface area contributed by atoms with Crippen LogP contribution in [0.4, 0.5) is 4.79 Å². The summed E-state index contributed by atoms with van der Waals surface area (Å²) in [6, 6.07) is 12.9. The number of hydrogen-bond acceptors (Lipinski definition) is 9. The van der Waals surface area contributed by atoms with E-state index < -0.39 is 29.6 Å². The maximum atomic E-state index is 13.1. The Morgan fingerprint density at radius 1 is 1.18 bits per heavy atom. The van der Waals surface area contributed by atoms with Gasteiger partial charge >= 0.3 is 6.09 Å². The Balaban J connectivity index is 1.43. The fourth-order valence-corrected chi connectivity index (χ4v) is 4.58. The van der Waals surface area contributed by atoms with Crippen molar-refractivity contribution in [3.05, 3.63) is 60.4 Å². The second-order valence-electron chi connectivity index (χ2n) is 10.5. The summed E-state index contributed by atoms with van der Waals surface area (Å²) in [4.78, 5) is 39.4. The highest BCUT2D eigenvalue weighted by molar-refractivity contribution is 5.86. The molecule has 1 fully saturated rings. The van der Waals surface area contributed by atoms with Crippen LogP contribution in [-0.4, -0.2) is 82.3 Å². The van der Waals surface area contributed by atoms with Gasteiger partial charge < -0.3 is 20.2 Å². The van der Waals surface area contributed by atoms with Gasteiger partial charge in [-0.15, -0.1) is 5.12 Å². The number of fused-ring (bicyclic) bond motifs is 1. The van der Waals surface area contributed by atoms with Crippen LogP contribution in [0.2, 0.25) is 0 Å². The normalized spacial score (nSPS) is 18.5. The molecule has 2 heterocycles. The maximum Gasteiger partial charge on any atom is 0.411 e. The van der Waals surface area contributed by atoms with Gasteiger partial charge in [0, 0.05) is 18.9 Å². The van der Waals surface area contributed by atoms with Crippen LogP contribution in [0.25, 0.3) is 10.8 Å². The van der Waals surface area contributed by atoms with Gasteiger partial charge in [-0.25, -0.2) is 10.3 Å². The fraction of sp³-hybridized carbons (Fsp3) is 0.444. The number of benzene rings is 2. The lowest BCUT2D eigenvalue weighted by Crippen LogP contribution is -2.59. The van der Waals surface area contributed by atoms with Gasteiger partial charge in [-0.2, -0.15) is 0 Å². The van der Waals surface area contributed by atoms with Crippen LogP contribution in [0.1, 0.15) is 32.8 Å². The van der Waals surface area contributed by atoms with E-state index in [0.29, 0.717) is 13.0 Å². The number of nitrogens with zero attached hydrogens (tertiary/aromatic N) is 3. The first-order valence-corrected chi connectivity index (χ1v) is 12.9. The molecular formula is C27H36N6O6. The molecule has 4 N–H and O–H groups in total. The van der Waals surface area contributed by atoms with E-state index >= 15 is 0 Å². The molecule has 0 aliphatic carbocycles. The van der Waals surface area contributed by atoms with Gasteiger partial charge in [-0.1, -0.05) is 42.5 Å². The summed E-state index contributed by atoms with van der Waals surface area (Å²) in [5.41, 5.74) is 5.09. The average molecular weight is 541 g/mol. The van der Waals surface area contributed by atoms with E-state index in [4.69, 9.17) is 9.47 Å². The zero-order valence-electron chi connectivity index (χ0n) is 22.4. The minimum atomic E-state index is -0.842. The van der Waals surface area contributed by atoms with E-state index in [1.807, 2.05) is 36.4 Å². The maximum absolute atomic E-state index is 13.1. The molecule has 2 aromatic carbocycles. The molecule has 2 atom stereocenters. The van der Waals surface area contributed by atoms with E-state index in [1.165, 1.54) is 4.90 Å². The molecule has 1 saturated heterocycles. The second kappa shape index (κ2) is 12.3. The molecule has 2 aliphatic heterocycles. The van der Waals surface area contributed by atoms with Gasteiger partial charge in [0.25, 0.3) is 0 Å². The molecule has 1 unspecified atom stereocenters. The first-order chi connectivity index (χ1) is 18.6. The van der Waals surface area contributed by atoms with Gasteiger partial charge in [0.2, 0.25) is 11.8 Å². The smallest absolute Gasteiger partial charge is 0.411 e. The standard InChI is InChI=1S/C27H36N6O6/c1-27(2,3)39-26(36)31-12-13-38-17-23(31)25(35)28-18-33-29-10-11-32(33)22(16-24(34)30-37)15-19-8-9-20-6-4-5-7-21(20)14-19/h4-11,14,22-23,29,37H,12-13,15-18H2,1-3H3,(H,28,35)(H,30,34)/t22-,23?/m1/s1. The largest absolute Gasteiger partial charge is 0.444 e. The van der Waals surface area contributed by atoms with Crippen molar-refractivity contribution < 1.29 is 29.1 Å². The number of hydroxylamine groups is 1. The van der Waals surface area contributed by atoms with E-state index in [2.05, 4.69) is 16.8 Å². The number of nitrogens with one attached hydrogen (secondary N) is 3. The topological polar surface area (TPSA) is 136 Å². The van der Waals surface area contributed by atoms with Crippen molar-refractivity contribution in [2.75, 3.05) is 26.4 Å². The van der Waals surface area contributed by atoms with Crippen molar-refractivity contribution in [1.82, 2.24) is 31.2 Å². The van der Waals surface area contributed by atoms with Gasteiger partial charge in [0.15, 0.2) is 0 Å². The number of carbonyl (C=O) groups excluding carboxylic acids is 3. The molecule has 39 heavy (non-hydrogen) atoms. The van der Waals surface area contributed by atoms with Crippen LogP contribution in [0.5, 0.6) is 0 Å². The molecule has 0 bridgehead atoms. The summed E-state index contributed by atoms with van der Waals surface area (Å²) < 4.78 is 10.9. The summed E-state index contributed by atoms with van der Waals surface area (Å²) >= 11 is 0. The average Bonchev–Trinajstić information content (AvgIpc) is 3.39. The minimum absolute atomic E-state index is 0.00266. The van der Waals surface area contributed by atoms with Crippen molar-refractivity contribution in [2.24, 2.45) is 0 Å². The first-order valence-electron chi connectivity index (χ1n) is 12.9. The van der Waals surface area contributed by atoms with Crippen molar-refractivity contribution in [3.8, 4) is 0 Å².